The molecule has 0 radical (unpaired) electrons. The van der Waals surface area contributed by atoms with Gasteiger partial charge in [-0.1, -0.05) is 0 Å². The number of ether oxygens (including phenoxy) is 3. The second kappa shape index (κ2) is 12.4. The lowest BCUT2D eigenvalue weighted by molar-refractivity contribution is -0.120. The molecule has 0 rings (SSSR count). The van der Waals surface area contributed by atoms with Gasteiger partial charge in [0.05, 0.1) is 33.0 Å². The van der Waals surface area contributed by atoms with Crippen LogP contribution in [0.25, 0.3) is 0 Å². The molecule has 0 atom stereocenters. The first kappa shape index (κ1) is 15.3. The van der Waals surface area contributed by atoms with E-state index >= 15 is 0 Å². The molecule has 0 aliphatic carbocycles. The van der Waals surface area contributed by atoms with E-state index in [1.54, 1.807) is 14.2 Å². The Labute approximate surface area is 96.6 Å². The number of amides is 1. The van der Waals surface area contributed by atoms with Crippen LogP contribution in [0.4, 0.5) is 0 Å². The maximum absolute atomic E-state index is 11.2. The Kier molecular flexibility index (Phi) is 11.8. The Balaban J connectivity index is 3.09. The summed E-state index contributed by atoms with van der Waals surface area (Å²) in [5.41, 5.74) is 0. The maximum Gasteiger partial charge on any atom is 0.234 e. The molecule has 96 valence electrons. The van der Waals surface area contributed by atoms with E-state index in [4.69, 9.17) is 14.2 Å². The molecule has 0 fully saturated rings. The van der Waals surface area contributed by atoms with E-state index in [0.717, 1.165) is 0 Å². The van der Waals surface area contributed by atoms with Crippen LogP contribution in [0.2, 0.25) is 0 Å². The first-order valence-electron chi connectivity index (χ1n) is 5.34. The first-order chi connectivity index (χ1) is 7.81. The molecular formula is C10H22N2O4. The van der Waals surface area contributed by atoms with E-state index in [2.05, 4.69) is 10.6 Å². The molecule has 0 spiro atoms. The molecule has 0 aromatic carbocycles. The maximum atomic E-state index is 11.2. The number of carbonyl (C=O) groups excluding carboxylic acids is 1. The summed E-state index contributed by atoms with van der Waals surface area (Å²) in [7, 11) is 3.23. The van der Waals surface area contributed by atoms with Gasteiger partial charge < -0.3 is 24.8 Å². The summed E-state index contributed by atoms with van der Waals surface area (Å²) in [6.45, 7) is 3.79. The van der Waals surface area contributed by atoms with Crippen LogP contribution in [0.15, 0.2) is 0 Å². The van der Waals surface area contributed by atoms with E-state index in [1.807, 2.05) is 0 Å². The van der Waals surface area contributed by atoms with Crippen molar-refractivity contribution in [2.24, 2.45) is 0 Å². The smallest absolute Gasteiger partial charge is 0.234 e. The van der Waals surface area contributed by atoms with Gasteiger partial charge in [0.25, 0.3) is 0 Å². The fourth-order valence-corrected chi connectivity index (χ4v) is 0.946. The second-order valence-corrected chi connectivity index (χ2v) is 3.12. The minimum atomic E-state index is -0.0334. The van der Waals surface area contributed by atoms with Gasteiger partial charge in [0, 0.05) is 27.3 Å². The van der Waals surface area contributed by atoms with Gasteiger partial charge in [-0.3, -0.25) is 4.79 Å². The number of carbonyl (C=O) groups is 1. The molecule has 0 saturated heterocycles. The molecule has 1 amide bonds. The Hall–Kier alpha value is -0.690. The molecule has 0 aliphatic rings. The summed E-state index contributed by atoms with van der Waals surface area (Å²) < 4.78 is 14.8. The largest absolute Gasteiger partial charge is 0.383 e. The van der Waals surface area contributed by atoms with Crippen molar-refractivity contribution in [3.05, 3.63) is 0 Å². The van der Waals surface area contributed by atoms with Crippen molar-refractivity contribution in [3.8, 4) is 0 Å². The van der Waals surface area contributed by atoms with Crippen LogP contribution in [0.1, 0.15) is 0 Å². The van der Waals surface area contributed by atoms with Crippen molar-refractivity contribution in [3.63, 3.8) is 0 Å². The molecule has 0 bridgehead atoms. The molecule has 6 nitrogen and oxygen atoms in total. The highest BCUT2D eigenvalue weighted by Gasteiger charge is 1.98. The fraction of sp³-hybridized carbons (Fsp3) is 0.900. The van der Waals surface area contributed by atoms with Crippen molar-refractivity contribution in [1.29, 1.82) is 0 Å². The van der Waals surface area contributed by atoms with Crippen LogP contribution < -0.4 is 10.6 Å². The van der Waals surface area contributed by atoms with Crippen LogP contribution >= 0.6 is 0 Å². The highest BCUT2D eigenvalue weighted by molar-refractivity contribution is 5.77. The summed E-state index contributed by atoms with van der Waals surface area (Å²) in [5.74, 6) is -0.0334. The van der Waals surface area contributed by atoms with Gasteiger partial charge in [-0.05, 0) is 0 Å². The lowest BCUT2D eigenvalue weighted by Gasteiger charge is -2.06. The van der Waals surface area contributed by atoms with Crippen LogP contribution in [0.3, 0.4) is 0 Å². The molecule has 0 unspecified atom stereocenters. The Morgan fingerprint density at radius 3 is 2.44 bits per heavy atom. The third-order valence-electron chi connectivity index (χ3n) is 1.77. The van der Waals surface area contributed by atoms with E-state index < -0.39 is 0 Å². The average molecular weight is 234 g/mol. The van der Waals surface area contributed by atoms with Gasteiger partial charge in [0.15, 0.2) is 0 Å². The molecule has 6 heteroatoms. The van der Waals surface area contributed by atoms with Gasteiger partial charge in [0.1, 0.15) is 0 Å². The molecule has 0 saturated carbocycles. The van der Waals surface area contributed by atoms with Crippen molar-refractivity contribution in [2.45, 2.75) is 0 Å². The molecule has 2 N–H and O–H groups in total. The number of rotatable bonds is 11. The summed E-state index contributed by atoms with van der Waals surface area (Å²) in [6.07, 6.45) is 0. The van der Waals surface area contributed by atoms with Crippen molar-refractivity contribution in [2.75, 3.05) is 60.3 Å². The molecule has 0 aromatic rings. The summed E-state index contributed by atoms with van der Waals surface area (Å²) >= 11 is 0. The zero-order valence-corrected chi connectivity index (χ0v) is 10.1. The SMILES string of the molecule is COCCNC(=O)CNCCOCCOC. The monoisotopic (exact) mass is 234 g/mol. The summed E-state index contributed by atoms with van der Waals surface area (Å²) in [6, 6.07) is 0. The van der Waals surface area contributed by atoms with E-state index in [9.17, 15) is 4.79 Å². The standard InChI is InChI=1S/C10H22N2O4/c1-14-5-4-12-10(13)9-11-3-6-16-8-7-15-2/h11H,3-9H2,1-2H3,(H,12,13). The Morgan fingerprint density at radius 2 is 1.75 bits per heavy atom. The van der Waals surface area contributed by atoms with Crippen molar-refractivity contribution < 1.29 is 19.0 Å². The Bertz CT molecular complexity index is 167. The highest BCUT2D eigenvalue weighted by atomic mass is 16.5. The number of nitrogens with one attached hydrogen (secondary N) is 2. The Morgan fingerprint density at radius 1 is 1.00 bits per heavy atom. The highest BCUT2D eigenvalue weighted by Crippen LogP contribution is 1.74. The predicted octanol–water partition coefficient (Wildman–Crippen LogP) is -0.998. The van der Waals surface area contributed by atoms with E-state index in [0.29, 0.717) is 46.1 Å². The molecule has 16 heavy (non-hydrogen) atoms. The topological polar surface area (TPSA) is 68.8 Å². The van der Waals surface area contributed by atoms with Gasteiger partial charge in [-0.2, -0.15) is 0 Å². The van der Waals surface area contributed by atoms with Crippen LogP contribution in [0, 0.1) is 0 Å². The average Bonchev–Trinajstić information content (AvgIpc) is 2.28. The van der Waals surface area contributed by atoms with E-state index in [-0.39, 0.29) is 5.91 Å². The molecule has 0 aliphatic heterocycles. The normalized spacial score (nSPS) is 10.4. The third kappa shape index (κ3) is 11.4. The second-order valence-electron chi connectivity index (χ2n) is 3.12. The minimum Gasteiger partial charge on any atom is -0.383 e. The molecule has 0 heterocycles. The lowest BCUT2D eigenvalue weighted by Crippen LogP contribution is -2.36. The van der Waals surface area contributed by atoms with Crippen LogP contribution in [-0.2, 0) is 19.0 Å². The van der Waals surface area contributed by atoms with E-state index in [1.165, 1.54) is 0 Å². The summed E-state index contributed by atoms with van der Waals surface area (Å²) in [5, 5.41) is 5.68. The van der Waals surface area contributed by atoms with Gasteiger partial charge >= 0.3 is 0 Å². The van der Waals surface area contributed by atoms with Gasteiger partial charge in [-0.15, -0.1) is 0 Å². The number of methoxy groups -OCH3 is 2. The zero-order valence-electron chi connectivity index (χ0n) is 10.1. The number of hydrogen-bond acceptors (Lipinski definition) is 5. The van der Waals surface area contributed by atoms with Crippen molar-refractivity contribution >= 4 is 5.91 Å². The van der Waals surface area contributed by atoms with Gasteiger partial charge in [0.2, 0.25) is 5.91 Å². The zero-order chi connectivity index (χ0) is 12.1. The third-order valence-corrected chi connectivity index (χ3v) is 1.77. The van der Waals surface area contributed by atoms with Gasteiger partial charge in [-0.25, -0.2) is 0 Å². The first-order valence-corrected chi connectivity index (χ1v) is 5.34. The van der Waals surface area contributed by atoms with Crippen LogP contribution in [0.5, 0.6) is 0 Å². The predicted molar refractivity (Wildman–Crippen MR) is 60.5 cm³/mol. The van der Waals surface area contributed by atoms with Crippen LogP contribution in [-0.4, -0.2) is 66.2 Å². The molecular weight excluding hydrogens is 212 g/mol. The summed E-state index contributed by atoms with van der Waals surface area (Å²) in [4.78, 5) is 11.2. The quantitative estimate of drug-likeness (QED) is 0.449. The number of hydrogen-bond donors (Lipinski definition) is 2. The lowest BCUT2D eigenvalue weighted by atomic mass is 10.5. The molecule has 0 aromatic heterocycles. The minimum absolute atomic E-state index is 0.0334. The fourth-order valence-electron chi connectivity index (χ4n) is 0.946. The van der Waals surface area contributed by atoms with Crippen molar-refractivity contribution in [1.82, 2.24) is 10.6 Å².